The van der Waals surface area contributed by atoms with Gasteiger partial charge in [-0.3, -0.25) is 0 Å². The van der Waals surface area contributed by atoms with Crippen molar-refractivity contribution in [2.45, 2.75) is 48.0 Å². The van der Waals surface area contributed by atoms with Gasteiger partial charge in [-0.05, 0) is 33.3 Å². The molecule has 0 rings (SSSR count). The molecule has 0 aliphatic carbocycles. The lowest BCUT2D eigenvalue weighted by atomic mass is 10.4. The maximum Gasteiger partial charge on any atom is 0.0118 e. The van der Waals surface area contributed by atoms with Crippen molar-refractivity contribution >= 4 is 11.8 Å². The van der Waals surface area contributed by atoms with E-state index in [2.05, 4.69) is 56.4 Å². The average Bonchev–Trinajstić information content (AvgIpc) is 2.42. The zero-order valence-corrected chi connectivity index (χ0v) is 13.6. The third kappa shape index (κ3) is 11.5. The molecular formula is C17H28S. The Morgan fingerprint density at radius 3 is 2.06 bits per heavy atom. The summed E-state index contributed by atoms with van der Waals surface area (Å²) < 4.78 is 0. The molecule has 0 atom stereocenters. The number of rotatable bonds is 6. The molecule has 0 fully saturated rings. The van der Waals surface area contributed by atoms with E-state index < -0.39 is 0 Å². The summed E-state index contributed by atoms with van der Waals surface area (Å²) in [7, 11) is 0. The fourth-order valence-electron chi connectivity index (χ4n) is 1.04. The second-order valence-electron chi connectivity index (χ2n) is 3.20. The Bertz CT molecular complexity index is 315. The third-order valence-electron chi connectivity index (χ3n) is 1.82. The minimum Gasteiger partial charge on any atom is -0.0905 e. The quantitative estimate of drug-likeness (QED) is 0.484. The van der Waals surface area contributed by atoms with Crippen molar-refractivity contribution < 1.29 is 0 Å². The average molecular weight is 264 g/mol. The SMILES string of the molecule is CC.C\C=C/C=C(\C=C/C)SC(/C=C\CC)=C/C. The Balaban J connectivity index is 0. The van der Waals surface area contributed by atoms with Gasteiger partial charge in [0.15, 0.2) is 0 Å². The summed E-state index contributed by atoms with van der Waals surface area (Å²) in [5, 5.41) is 0. The first-order valence-corrected chi connectivity index (χ1v) is 7.56. The Labute approximate surface area is 118 Å². The monoisotopic (exact) mass is 264 g/mol. The molecule has 0 amide bonds. The van der Waals surface area contributed by atoms with Crippen LogP contribution in [0, 0.1) is 0 Å². The van der Waals surface area contributed by atoms with Gasteiger partial charge in [-0.15, -0.1) is 0 Å². The molecule has 0 radical (unpaired) electrons. The van der Waals surface area contributed by atoms with E-state index in [4.69, 9.17) is 0 Å². The smallest absolute Gasteiger partial charge is 0.0118 e. The fraction of sp³-hybridized carbons (Fsp3) is 0.412. The van der Waals surface area contributed by atoms with Crippen LogP contribution in [0.5, 0.6) is 0 Å². The highest BCUT2D eigenvalue weighted by molar-refractivity contribution is 8.07. The third-order valence-corrected chi connectivity index (χ3v) is 2.94. The molecule has 0 aliphatic rings. The molecule has 0 unspecified atom stereocenters. The largest absolute Gasteiger partial charge is 0.0905 e. The molecule has 0 aliphatic heterocycles. The van der Waals surface area contributed by atoms with Crippen LogP contribution in [-0.4, -0.2) is 0 Å². The Kier molecular flexibility index (Phi) is 17.3. The summed E-state index contributed by atoms with van der Waals surface area (Å²) >= 11 is 1.79. The van der Waals surface area contributed by atoms with Gasteiger partial charge in [0.1, 0.15) is 0 Å². The lowest BCUT2D eigenvalue weighted by Crippen LogP contribution is -1.74. The van der Waals surface area contributed by atoms with Gasteiger partial charge in [-0.25, -0.2) is 0 Å². The highest BCUT2D eigenvalue weighted by Gasteiger charge is 1.95. The van der Waals surface area contributed by atoms with Crippen molar-refractivity contribution in [1.29, 1.82) is 0 Å². The van der Waals surface area contributed by atoms with Crippen molar-refractivity contribution in [2.75, 3.05) is 0 Å². The molecule has 1 heteroatoms. The second kappa shape index (κ2) is 16.1. The van der Waals surface area contributed by atoms with Gasteiger partial charge in [0, 0.05) is 9.81 Å². The van der Waals surface area contributed by atoms with Crippen LogP contribution in [0.4, 0.5) is 0 Å². The zero-order valence-electron chi connectivity index (χ0n) is 12.7. The van der Waals surface area contributed by atoms with Gasteiger partial charge >= 0.3 is 0 Å². The highest BCUT2D eigenvalue weighted by Crippen LogP contribution is 2.27. The van der Waals surface area contributed by atoms with Crippen LogP contribution in [-0.2, 0) is 0 Å². The number of hydrogen-bond acceptors (Lipinski definition) is 1. The van der Waals surface area contributed by atoms with Gasteiger partial charge in [0.05, 0.1) is 0 Å². The number of allylic oxidation sites excluding steroid dienone is 8. The normalized spacial score (nSPS) is 13.4. The Morgan fingerprint density at radius 1 is 0.944 bits per heavy atom. The van der Waals surface area contributed by atoms with Crippen molar-refractivity contribution in [2.24, 2.45) is 0 Å². The summed E-state index contributed by atoms with van der Waals surface area (Å²) in [4.78, 5) is 2.55. The minimum absolute atomic E-state index is 1.08. The van der Waals surface area contributed by atoms with Crippen LogP contribution < -0.4 is 0 Å². The summed E-state index contributed by atoms with van der Waals surface area (Å²) in [5.41, 5.74) is 0. The van der Waals surface area contributed by atoms with Crippen LogP contribution in [0.15, 0.2) is 58.4 Å². The molecular weight excluding hydrogens is 236 g/mol. The number of thioether (sulfide) groups is 1. The van der Waals surface area contributed by atoms with Gasteiger partial charge in [-0.1, -0.05) is 75.1 Å². The first-order chi connectivity index (χ1) is 8.78. The first-order valence-electron chi connectivity index (χ1n) is 6.74. The van der Waals surface area contributed by atoms with E-state index in [-0.39, 0.29) is 0 Å². The molecule has 0 spiro atoms. The van der Waals surface area contributed by atoms with E-state index in [0.29, 0.717) is 0 Å². The van der Waals surface area contributed by atoms with Gasteiger partial charge < -0.3 is 0 Å². The standard InChI is InChI=1S/C15H22S.C2H6/c1-5-9-12-14(8-4)16-15(11-7-3)13-10-6-2;1-2/h6-13H,5H2,1-4H3;1-2H3/b10-6-,11-7-,12-9-,14-8+,15-13+;. The zero-order chi connectivity index (χ0) is 14.2. The summed E-state index contributed by atoms with van der Waals surface area (Å²) in [6.07, 6.45) is 18.0. The molecule has 0 aromatic carbocycles. The van der Waals surface area contributed by atoms with Crippen molar-refractivity contribution in [3.63, 3.8) is 0 Å². The summed E-state index contributed by atoms with van der Waals surface area (Å²) in [6.45, 7) is 12.3. The van der Waals surface area contributed by atoms with E-state index in [1.54, 1.807) is 11.8 Å². The maximum absolute atomic E-state index is 2.19. The molecule has 0 bridgehead atoms. The van der Waals surface area contributed by atoms with E-state index in [9.17, 15) is 0 Å². The van der Waals surface area contributed by atoms with Crippen molar-refractivity contribution in [3.05, 3.63) is 58.4 Å². The van der Waals surface area contributed by atoms with Gasteiger partial charge in [0.25, 0.3) is 0 Å². The van der Waals surface area contributed by atoms with Crippen LogP contribution in [0.1, 0.15) is 48.0 Å². The molecule has 18 heavy (non-hydrogen) atoms. The molecule has 0 nitrogen and oxygen atoms in total. The fourth-order valence-corrected chi connectivity index (χ4v) is 1.94. The molecule has 102 valence electrons. The van der Waals surface area contributed by atoms with E-state index >= 15 is 0 Å². The van der Waals surface area contributed by atoms with E-state index in [1.807, 2.05) is 33.8 Å². The van der Waals surface area contributed by atoms with Crippen LogP contribution >= 0.6 is 11.8 Å². The van der Waals surface area contributed by atoms with Crippen molar-refractivity contribution in [1.82, 2.24) is 0 Å². The molecule has 0 saturated carbocycles. The minimum atomic E-state index is 1.08. The molecule has 0 aromatic heterocycles. The van der Waals surface area contributed by atoms with Crippen molar-refractivity contribution in [3.8, 4) is 0 Å². The Hall–Kier alpha value is -0.950. The predicted molar refractivity (Wildman–Crippen MR) is 89.8 cm³/mol. The van der Waals surface area contributed by atoms with Crippen LogP contribution in [0.25, 0.3) is 0 Å². The summed E-state index contributed by atoms with van der Waals surface area (Å²) in [6, 6.07) is 0. The lowest BCUT2D eigenvalue weighted by Gasteiger charge is -2.02. The van der Waals surface area contributed by atoms with Crippen LogP contribution in [0.2, 0.25) is 0 Å². The molecule has 0 heterocycles. The lowest BCUT2D eigenvalue weighted by molar-refractivity contribution is 1.22. The maximum atomic E-state index is 2.19. The Morgan fingerprint density at radius 2 is 1.61 bits per heavy atom. The number of hydrogen-bond donors (Lipinski definition) is 0. The topological polar surface area (TPSA) is 0 Å². The molecule has 0 N–H and O–H groups in total. The van der Waals surface area contributed by atoms with Gasteiger partial charge in [-0.2, -0.15) is 0 Å². The molecule has 0 saturated heterocycles. The van der Waals surface area contributed by atoms with Crippen LogP contribution in [0.3, 0.4) is 0 Å². The predicted octanol–water partition coefficient (Wildman–Crippen LogP) is 6.65. The van der Waals surface area contributed by atoms with Gasteiger partial charge in [0.2, 0.25) is 0 Å². The second-order valence-corrected chi connectivity index (χ2v) is 4.35. The van der Waals surface area contributed by atoms with E-state index in [0.717, 1.165) is 6.42 Å². The summed E-state index contributed by atoms with van der Waals surface area (Å²) in [5.74, 6) is 0. The highest BCUT2D eigenvalue weighted by atomic mass is 32.2. The molecule has 0 aromatic rings. The van der Waals surface area contributed by atoms with E-state index in [1.165, 1.54) is 9.81 Å². The first kappa shape index (κ1) is 19.4.